The number of carbonyl (C=O) groups is 1. The maximum Gasteiger partial charge on any atom is 0.343 e. The molecule has 0 atom stereocenters. The van der Waals surface area contributed by atoms with Crippen LogP contribution >= 0.6 is 0 Å². The Hall–Kier alpha value is -4.12. The predicted octanol–water partition coefficient (Wildman–Crippen LogP) is 5.72. The van der Waals surface area contributed by atoms with Gasteiger partial charge in [-0.15, -0.1) is 0 Å². The van der Waals surface area contributed by atoms with E-state index in [-0.39, 0.29) is 0 Å². The van der Waals surface area contributed by atoms with E-state index in [2.05, 4.69) is 10.3 Å². The molecule has 0 amide bonds. The van der Waals surface area contributed by atoms with Crippen LogP contribution in [0.15, 0.2) is 97.2 Å². The van der Waals surface area contributed by atoms with Gasteiger partial charge in [0.05, 0.1) is 30.3 Å². The van der Waals surface area contributed by atoms with Crippen molar-refractivity contribution in [1.82, 2.24) is 4.98 Å². The zero-order valence-electron chi connectivity index (χ0n) is 16.4. The lowest BCUT2D eigenvalue weighted by atomic mass is 10.1. The molecule has 1 heterocycles. The Kier molecular flexibility index (Phi) is 5.71. The summed E-state index contributed by atoms with van der Waals surface area (Å²) in [6.45, 7) is 0. The van der Waals surface area contributed by atoms with Crippen LogP contribution in [0.4, 0.5) is 11.4 Å². The third-order valence-electron chi connectivity index (χ3n) is 4.52. The summed E-state index contributed by atoms with van der Waals surface area (Å²) in [6.07, 6.45) is 1.56. The Morgan fingerprint density at radius 1 is 0.867 bits per heavy atom. The highest BCUT2D eigenvalue weighted by molar-refractivity contribution is 5.92. The molecule has 30 heavy (non-hydrogen) atoms. The third kappa shape index (κ3) is 4.47. The molecule has 0 saturated heterocycles. The maximum absolute atomic E-state index is 12.6. The molecule has 0 saturated carbocycles. The van der Waals surface area contributed by atoms with Crippen LogP contribution in [0.3, 0.4) is 0 Å². The molecule has 5 heteroatoms. The SMILES string of the molecule is COc1ccc(Nc2cc(-c3ccccc3)ncc2OC(=O)c2ccccc2)cc1. The Morgan fingerprint density at radius 3 is 2.20 bits per heavy atom. The average molecular weight is 396 g/mol. The van der Waals surface area contributed by atoms with Gasteiger partial charge in [-0.3, -0.25) is 4.98 Å². The predicted molar refractivity (Wildman–Crippen MR) is 117 cm³/mol. The fraction of sp³-hybridized carbons (Fsp3) is 0.0400. The van der Waals surface area contributed by atoms with Gasteiger partial charge in [-0.2, -0.15) is 0 Å². The summed E-state index contributed by atoms with van der Waals surface area (Å²) in [7, 11) is 1.62. The number of aromatic nitrogens is 1. The van der Waals surface area contributed by atoms with Crippen molar-refractivity contribution in [3.63, 3.8) is 0 Å². The summed E-state index contributed by atoms with van der Waals surface area (Å²) in [6, 6.07) is 28.1. The van der Waals surface area contributed by atoms with E-state index in [1.807, 2.05) is 66.7 Å². The molecule has 0 aliphatic carbocycles. The fourth-order valence-electron chi connectivity index (χ4n) is 2.95. The Bertz CT molecular complexity index is 1130. The highest BCUT2D eigenvalue weighted by atomic mass is 16.5. The van der Waals surface area contributed by atoms with Crippen molar-refractivity contribution in [3.05, 3.63) is 103 Å². The van der Waals surface area contributed by atoms with Gasteiger partial charge in [0.25, 0.3) is 0 Å². The molecule has 4 aromatic rings. The van der Waals surface area contributed by atoms with Gasteiger partial charge in [-0.25, -0.2) is 4.79 Å². The number of anilines is 2. The molecular weight excluding hydrogens is 376 g/mol. The van der Waals surface area contributed by atoms with Crippen LogP contribution in [0.25, 0.3) is 11.3 Å². The number of esters is 1. The van der Waals surface area contributed by atoms with Crippen molar-refractivity contribution < 1.29 is 14.3 Å². The number of rotatable bonds is 6. The highest BCUT2D eigenvalue weighted by Gasteiger charge is 2.14. The number of hydrogen-bond acceptors (Lipinski definition) is 5. The smallest absolute Gasteiger partial charge is 0.343 e. The normalized spacial score (nSPS) is 10.3. The second-order valence-electron chi connectivity index (χ2n) is 6.54. The summed E-state index contributed by atoms with van der Waals surface area (Å²) >= 11 is 0. The average Bonchev–Trinajstić information content (AvgIpc) is 2.82. The molecule has 1 aromatic heterocycles. The zero-order chi connectivity index (χ0) is 20.8. The first-order valence-corrected chi connectivity index (χ1v) is 9.47. The molecular formula is C25H20N2O3. The van der Waals surface area contributed by atoms with Gasteiger partial charge >= 0.3 is 5.97 Å². The summed E-state index contributed by atoms with van der Waals surface area (Å²) in [5.74, 6) is 0.665. The lowest BCUT2D eigenvalue weighted by Crippen LogP contribution is -2.10. The Morgan fingerprint density at radius 2 is 1.53 bits per heavy atom. The van der Waals surface area contributed by atoms with E-state index >= 15 is 0 Å². The maximum atomic E-state index is 12.6. The first kappa shape index (κ1) is 19.2. The molecule has 0 radical (unpaired) electrons. The van der Waals surface area contributed by atoms with Crippen molar-refractivity contribution in [2.24, 2.45) is 0 Å². The van der Waals surface area contributed by atoms with Gasteiger partial charge in [0.2, 0.25) is 0 Å². The largest absolute Gasteiger partial charge is 0.497 e. The fourth-order valence-corrected chi connectivity index (χ4v) is 2.95. The lowest BCUT2D eigenvalue weighted by Gasteiger charge is -2.14. The Labute approximate surface area is 174 Å². The number of nitrogens with zero attached hydrogens (tertiary/aromatic N) is 1. The van der Waals surface area contributed by atoms with E-state index < -0.39 is 5.97 Å². The molecule has 4 rings (SSSR count). The number of methoxy groups -OCH3 is 1. The van der Waals surface area contributed by atoms with Crippen molar-refractivity contribution in [2.45, 2.75) is 0 Å². The van der Waals surface area contributed by atoms with E-state index in [9.17, 15) is 4.79 Å². The standard InChI is InChI=1S/C25H20N2O3/c1-29-21-14-12-20(13-15-21)27-23-16-22(18-8-4-2-5-9-18)26-17-24(23)30-25(28)19-10-6-3-7-11-19/h2-17H,1H3,(H,26,27). The number of benzene rings is 3. The molecule has 0 aliphatic heterocycles. The zero-order valence-corrected chi connectivity index (χ0v) is 16.4. The number of hydrogen-bond donors (Lipinski definition) is 1. The minimum atomic E-state index is -0.442. The molecule has 148 valence electrons. The quantitative estimate of drug-likeness (QED) is 0.422. The summed E-state index contributed by atoms with van der Waals surface area (Å²) < 4.78 is 10.9. The van der Waals surface area contributed by atoms with Crippen LogP contribution in [0.2, 0.25) is 0 Å². The Balaban J connectivity index is 1.68. The van der Waals surface area contributed by atoms with Crippen LogP contribution in [-0.2, 0) is 0 Å². The van der Waals surface area contributed by atoms with Crippen molar-refractivity contribution in [1.29, 1.82) is 0 Å². The second kappa shape index (κ2) is 8.92. The minimum Gasteiger partial charge on any atom is -0.497 e. The first-order chi connectivity index (χ1) is 14.7. The van der Waals surface area contributed by atoms with E-state index in [1.54, 1.807) is 37.6 Å². The van der Waals surface area contributed by atoms with Crippen LogP contribution in [0.5, 0.6) is 11.5 Å². The lowest BCUT2D eigenvalue weighted by molar-refractivity contribution is 0.0735. The van der Waals surface area contributed by atoms with Gasteiger partial charge in [0.15, 0.2) is 5.75 Å². The minimum absolute atomic E-state index is 0.347. The molecule has 5 nitrogen and oxygen atoms in total. The molecule has 3 aromatic carbocycles. The molecule has 0 unspecified atom stereocenters. The van der Waals surface area contributed by atoms with Gasteiger partial charge in [-0.05, 0) is 42.5 Å². The van der Waals surface area contributed by atoms with E-state index in [0.29, 0.717) is 17.0 Å². The van der Waals surface area contributed by atoms with Crippen LogP contribution in [0.1, 0.15) is 10.4 Å². The molecule has 0 fully saturated rings. The number of nitrogens with one attached hydrogen (secondary N) is 1. The van der Waals surface area contributed by atoms with Crippen LogP contribution in [-0.4, -0.2) is 18.1 Å². The summed E-state index contributed by atoms with van der Waals surface area (Å²) in [5, 5.41) is 3.32. The van der Waals surface area contributed by atoms with E-state index in [1.165, 1.54) is 0 Å². The van der Waals surface area contributed by atoms with Gasteiger partial charge in [0, 0.05) is 11.3 Å². The summed E-state index contributed by atoms with van der Waals surface area (Å²) in [5.41, 5.74) is 3.68. The molecule has 0 aliphatic rings. The number of ether oxygens (including phenoxy) is 2. The molecule has 0 bridgehead atoms. The van der Waals surface area contributed by atoms with Crippen LogP contribution in [0, 0.1) is 0 Å². The van der Waals surface area contributed by atoms with E-state index in [4.69, 9.17) is 9.47 Å². The van der Waals surface area contributed by atoms with Gasteiger partial charge in [-0.1, -0.05) is 48.5 Å². The highest BCUT2D eigenvalue weighted by Crippen LogP contribution is 2.32. The van der Waals surface area contributed by atoms with Gasteiger partial charge in [0.1, 0.15) is 5.75 Å². The van der Waals surface area contributed by atoms with E-state index in [0.717, 1.165) is 22.7 Å². The molecule has 1 N–H and O–H groups in total. The van der Waals surface area contributed by atoms with Crippen molar-refractivity contribution in [3.8, 4) is 22.8 Å². The third-order valence-corrected chi connectivity index (χ3v) is 4.52. The topological polar surface area (TPSA) is 60.4 Å². The van der Waals surface area contributed by atoms with Crippen LogP contribution < -0.4 is 14.8 Å². The monoisotopic (exact) mass is 396 g/mol. The summed E-state index contributed by atoms with van der Waals surface area (Å²) in [4.78, 5) is 17.1. The first-order valence-electron chi connectivity index (χ1n) is 9.47. The van der Waals surface area contributed by atoms with Gasteiger partial charge < -0.3 is 14.8 Å². The second-order valence-corrected chi connectivity index (χ2v) is 6.54. The van der Waals surface area contributed by atoms with Crippen molar-refractivity contribution >= 4 is 17.3 Å². The molecule has 0 spiro atoms. The number of carbonyl (C=O) groups excluding carboxylic acids is 1. The number of pyridine rings is 1. The van der Waals surface area contributed by atoms with Crippen molar-refractivity contribution in [2.75, 3.05) is 12.4 Å².